The molecule has 0 heterocycles. The maximum absolute atomic E-state index is 12.8. The van der Waals surface area contributed by atoms with Gasteiger partial charge < -0.3 is 8.92 Å². The molecule has 0 aliphatic heterocycles. The predicted octanol–water partition coefficient (Wildman–Crippen LogP) is 2.38. The second kappa shape index (κ2) is 5.92. The molecule has 0 N–H and O–H groups in total. The van der Waals surface area contributed by atoms with Crippen molar-refractivity contribution in [2.75, 3.05) is 7.11 Å². The minimum absolute atomic E-state index is 0.0342. The molecule has 0 amide bonds. The van der Waals surface area contributed by atoms with E-state index in [1.807, 2.05) is 0 Å². The van der Waals surface area contributed by atoms with E-state index in [1.54, 1.807) is 0 Å². The van der Waals surface area contributed by atoms with E-state index >= 15 is 0 Å². The smallest absolute Gasteiger partial charge is 0.339 e. The van der Waals surface area contributed by atoms with Crippen molar-refractivity contribution in [3.05, 3.63) is 59.9 Å². The Kier molecular flexibility index (Phi) is 4.23. The van der Waals surface area contributed by atoms with Crippen LogP contribution in [0.25, 0.3) is 0 Å². The van der Waals surface area contributed by atoms with Crippen molar-refractivity contribution in [1.29, 1.82) is 0 Å². The monoisotopic (exact) mass is 310 g/mol. The summed E-state index contributed by atoms with van der Waals surface area (Å²) in [7, 11) is -2.81. The van der Waals surface area contributed by atoms with E-state index < -0.39 is 21.9 Å². The zero-order chi connectivity index (χ0) is 15.5. The highest BCUT2D eigenvalue weighted by Crippen LogP contribution is 2.19. The fourth-order valence-electron chi connectivity index (χ4n) is 1.54. The highest BCUT2D eigenvalue weighted by Gasteiger charge is 2.17. The number of rotatable bonds is 4. The molecule has 0 bridgehead atoms. The zero-order valence-electron chi connectivity index (χ0n) is 10.9. The Morgan fingerprint density at radius 2 is 1.57 bits per heavy atom. The van der Waals surface area contributed by atoms with Crippen molar-refractivity contribution in [3.8, 4) is 5.75 Å². The third-order valence-corrected chi connectivity index (χ3v) is 3.85. The molecule has 2 rings (SSSR count). The van der Waals surface area contributed by atoms with Crippen molar-refractivity contribution in [1.82, 2.24) is 0 Å². The molecule has 0 atom stereocenters. The fourth-order valence-corrected chi connectivity index (χ4v) is 2.47. The largest absolute Gasteiger partial charge is 0.465 e. The van der Waals surface area contributed by atoms with E-state index in [0.29, 0.717) is 0 Å². The van der Waals surface area contributed by atoms with Gasteiger partial charge in [-0.3, -0.25) is 0 Å². The first kappa shape index (κ1) is 15.0. The van der Waals surface area contributed by atoms with Crippen LogP contribution in [0.4, 0.5) is 4.39 Å². The molecule has 0 radical (unpaired) electrons. The van der Waals surface area contributed by atoms with Gasteiger partial charge in [-0.15, -0.1) is 0 Å². The van der Waals surface area contributed by atoms with Crippen LogP contribution in [0.5, 0.6) is 5.75 Å². The Hall–Kier alpha value is -2.41. The van der Waals surface area contributed by atoms with Gasteiger partial charge in [0.15, 0.2) is 0 Å². The summed E-state index contributed by atoms with van der Waals surface area (Å²) in [6.45, 7) is 0. The van der Waals surface area contributed by atoms with E-state index in [9.17, 15) is 17.6 Å². The summed E-state index contributed by atoms with van der Waals surface area (Å²) in [6, 6.07) is 9.66. The van der Waals surface area contributed by atoms with Crippen molar-refractivity contribution < 1.29 is 26.5 Å². The van der Waals surface area contributed by atoms with Gasteiger partial charge in [0.05, 0.1) is 12.7 Å². The van der Waals surface area contributed by atoms with Gasteiger partial charge in [0.2, 0.25) is 0 Å². The first-order valence-electron chi connectivity index (χ1n) is 5.81. The highest BCUT2D eigenvalue weighted by atomic mass is 32.2. The molecule has 0 aliphatic rings. The summed E-state index contributed by atoms with van der Waals surface area (Å²) in [5.41, 5.74) is 0.268. The van der Waals surface area contributed by atoms with Crippen molar-refractivity contribution in [3.63, 3.8) is 0 Å². The second-order valence-electron chi connectivity index (χ2n) is 4.01. The molecule has 0 aliphatic carbocycles. The third-order valence-electron chi connectivity index (χ3n) is 2.58. The molecule has 0 fully saturated rings. The van der Waals surface area contributed by atoms with Crippen molar-refractivity contribution in [2.45, 2.75) is 4.90 Å². The Morgan fingerprint density at radius 1 is 1.00 bits per heavy atom. The quantitative estimate of drug-likeness (QED) is 0.640. The van der Waals surface area contributed by atoms with Gasteiger partial charge in [-0.1, -0.05) is 0 Å². The lowest BCUT2D eigenvalue weighted by molar-refractivity contribution is 0.0600. The van der Waals surface area contributed by atoms with E-state index in [1.165, 1.54) is 31.4 Å². The predicted molar refractivity (Wildman–Crippen MR) is 72.0 cm³/mol. The molecule has 0 spiro atoms. The van der Waals surface area contributed by atoms with Gasteiger partial charge in [-0.25, -0.2) is 9.18 Å². The van der Waals surface area contributed by atoms with Crippen LogP contribution < -0.4 is 4.18 Å². The molecule has 110 valence electrons. The van der Waals surface area contributed by atoms with Crippen LogP contribution in [0, 0.1) is 5.82 Å². The average molecular weight is 310 g/mol. The summed E-state index contributed by atoms with van der Waals surface area (Å²) in [4.78, 5) is 11.1. The van der Waals surface area contributed by atoms with Gasteiger partial charge in [0.1, 0.15) is 16.5 Å². The molecule has 2 aromatic rings. The van der Waals surface area contributed by atoms with Gasteiger partial charge in [-0.2, -0.15) is 8.42 Å². The number of methoxy groups -OCH3 is 1. The second-order valence-corrected chi connectivity index (χ2v) is 5.55. The van der Waals surface area contributed by atoms with Crippen LogP contribution in [0.2, 0.25) is 0 Å². The average Bonchev–Trinajstić information content (AvgIpc) is 2.47. The molecule has 5 nitrogen and oxygen atoms in total. The van der Waals surface area contributed by atoms with Crippen LogP contribution in [-0.4, -0.2) is 21.5 Å². The number of carbonyl (C=O) groups excluding carboxylic acids is 1. The van der Waals surface area contributed by atoms with Gasteiger partial charge in [-0.05, 0) is 48.5 Å². The zero-order valence-corrected chi connectivity index (χ0v) is 11.8. The third kappa shape index (κ3) is 3.57. The molecule has 0 unspecified atom stereocenters. The molecule has 21 heavy (non-hydrogen) atoms. The Bertz CT molecular complexity index is 736. The van der Waals surface area contributed by atoms with Gasteiger partial charge in [0.25, 0.3) is 0 Å². The Labute approximate surface area is 121 Å². The molecule has 0 aromatic heterocycles. The minimum atomic E-state index is -4.05. The minimum Gasteiger partial charge on any atom is -0.465 e. The summed E-state index contributed by atoms with van der Waals surface area (Å²) in [5.74, 6) is -1.05. The maximum atomic E-state index is 12.8. The summed E-state index contributed by atoms with van der Waals surface area (Å²) >= 11 is 0. The number of hydrogen-bond donors (Lipinski definition) is 0. The van der Waals surface area contributed by atoms with Crippen LogP contribution in [-0.2, 0) is 14.9 Å². The molecule has 0 saturated carbocycles. The molecule has 0 saturated heterocycles. The van der Waals surface area contributed by atoms with Crippen LogP contribution >= 0.6 is 0 Å². The first-order chi connectivity index (χ1) is 9.92. The SMILES string of the molecule is COC(=O)c1ccc(OS(=O)(=O)c2ccc(F)cc2)cc1. The fraction of sp³-hybridized carbons (Fsp3) is 0.0714. The molecular weight excluding hydrogens is 299 g/mol. The lowest BCUT2D eigenvalue weighted by atomic mass is 10.2. The number of carbonyl (C=O) groups is 1. The number of ether oxygens (including phenoxy) is 1. The van der Waals surface area contributed by atoms with E-state index in [0.717, 1.165) is 24.3 Å². The summed E-state index contributed by atoms with van der Waals surface area (Å²) in [5, 5.41) is 0. The topological polar surface area (TPSA) is 69.7 Å². The first-order valence-corrected chi connectivity index (χ1v) is 7.21. The summed E-state index contributed by atoms with van der Waals surface area (Å²) < 4.78 is 46.1. The van der Waals surface area contributed by atoms with Crippen LogP contribution in [0.15, 0.2) is 53.4 Å². The number of hydrogen-bond acceptors (Lipinski definition) is 5. The molecular formula is C14H11FO5S. The lowest BCUT2D eigenvalue weighted by Crippen LogP contribution is -2.10. The Balaban J connectivity index is 2.20. The maximum Gasteiger partial charge on any atom is 0.339 e. The van der Waals surface area contributed by atoms with E-state index in [4.69, 9.17) is 4.18 Å². The van der Waals surface area contributed by atoms with Gasteiger partial charge >= 0.3 is 16.1 Å². The van der Waals surface area contributed by atoms with Gasteiger partial charge in [0, 0.05) is 0 Å². The van der Waals surface area contributed by atoms with E-state index in [-0.39, 0.29) is 16.2 Å². The Morgan fingerprint density at radius 3 is 2.10 bits per heavy atom. The standard InChI is InChI=1S/C14H11FO5S/c1-19-14(16)10-2-6-12(7-3-10)20-21(17,18)13-8-4-11(15)5-9-13/h2-9H,1H3. The lowest BCUT2D eigenvalue weighted by Gasteiger charge is -2.07. The number of esters is 1. The van der Waals surface area contributed by atoms with Crippen LogP contribution in [0.3, 0.4) is 0 Å². The number of halogens is 1. The normalized spacial score (nSPS) is 11.0. The van der Waals surface area contributed by atoms with Crippen molar-refractivity contribution >= 4 is 16.1 Å². The number of benzene rings is 2. The highest BCUT2D eigenvalue weighted by molar-refractivity contribution is 7.87. The van der Waals surface area contributed by atoms with E-state index in [2.05, 4.69) is 4.74 Å². The summed E-state index contributed by atoms with van der Waals surface area (Å²) in [6.07, 6.45) is 0. The van der Waals surface area contributed by atoms with Crippen LogP contribution in [0.1, 0.15) is 10.4 Å². The molecule has 7 heteroatoms. The van der Waals surface area contributed by atoms with Crippen molar-refractivity contribution in [2.24, 2.45) is 0 Å². The molecule has 2 aromatic carbocycles.